The smallest absolute Gasteiger partial charge is 0.305 e. The van der Waals surface area contributed by atoms with Crippen molar-refractivity contribution in [2.45, 2.75) is 26.7 Å². The van der Waals surface area contributed by atoms with Crippen LogP contribution >= 0.6 is 0 Å². The van der Waals surface area contributed by atoms with Crippen molar-refractivity contribution in [1.29, 1.82) is 0 Å². The first-order valence-corrected chi connectivity index (χ1v) is 8.41. The summed E-state index contributed by atoms with van der Waals surface area (Å²) in [6.07, 6.45) is 4.95. The van der Waals surface area contributed by atoms with Gasteiger partial charge >= 0.3 is 10.0 Å². The number of hydrogen-bond donors (Lipinski definition) is 1. The van der Waals surface area contributed by atoms with Gasteiger partial charge in [-0.2, -0.15) is 8.42 Å². The monoisotopic (exact) mass is 314 g/mol. The highest BCUT2D eigenvalue weighted by atomic mass is 32.3. The van der Waals surface area contributed by atoms with E-state index in [0.29, 0.717) is 6.42 Å². The maximum Gasteiger partial charge on any atom is 0.305 e. The third kappa shape index (κ3) is 7.25. The average molecular weight is 314 g/mol. The highest BCUT2D eigenvalue weighted by Crippen LogP contribution is 2.03. The van der Waals surface area contributed by atoms with Gasteiger partial charge in [0.15, 0.2) is 0 Å². The van der Waals surface area contributed by atoms with Crippen LogP contribution in [0.15, 0.2) is 12.4 Å². The second kappa shape index (κ2) is 6.98. The van der Waals surface area contributed by atoms with E-state index in [2.05, 4.69) is 0 Å². The number of aryl methyl sites for hydroxylation is 1. The molecule has 1 rings (SSSR count). The van der Waals surface area contributed by atoms with Crippen LogP contribution in [0.4, 0.5) is 0 Å². The molecule has 0 bridgehead atoms. The standard InChI is InChI=1S/C9H17N2O2S.H2O4S/c1-4-5-8-14(12,13)11-7-6-10(3)9(11)2;1-5(2,3)4/h6-7H,4-5,8H2,1-3H3;(H2,1,2,3,4)/q+1;/p-1. The molecule has 0 saturated carbocycles. The van der Waals surface area contributed by atoms with Crippen LogP contribution in [0.3, 0.4) is 0 Å². The lowest BCUT2D eigenvalue weighted by molar-refractivity contribution is -0.676. The van der Waals surface area contributed by atoms with Gasteiger partial charge in [-0.3, -0.25) is 4.55 Å². The fourth-order valence-electron chi connectivity index (χ4n) is 1.25. The van der Waals surface area contributed by atoms with Gasteiger partial charge in [0, 0.05) is 6.92 Å². The van der Waals surface area contributed by atoms with Crippen molar-refractivity contribution >= 4 is 20.4 Å². The van der Waals surface area contributed by atoms with Crippen LogP contribution in [0.5, 0.6) is 0 Å². The summed E-state index contributed by atoms with van der Waals surface area (Å²) in [5.74, 6) is 0.958. The zero-order chi connectivity index (χ0) is 15.3. The van der Waals surface area contributed by atoms with Gasteiger partial charge in [0.25, 0.3) is 5.82 Å². The summed E-state index contributed by atoms with van der Waals surface area (Å²) in [5.41, 5.74) is 0. The summed E-state index contributed by atoms with van der Waals surface area (Å²) < 4.78 is 59.5. The molecule has 0 radical (unpaired) electrons. The first kappa shape index (κ1) is 18.0. The zero-order valence-electron chi connectivity index (χ0n) is 11.0. The fourth-order valence-corrected chi connectivity index (χ4v) is 2.87. The van der Waals surface area contributed by atoms with Gasteiger partial charge in [0.2, 0.25) is 10.4 Å². The Kier molecular flexibility index (Phi) is 6.63. The quantitative estimate of drug-likeness (QED) is 0.459. The van der Waals surface area contributed by atoms with Crippen LogP contribution in [0.2, 0.25) is 0 Å². The zero-order valence-corrected chi connectivity index (χ0v) is 12.6. The van der Waals surface area contributed by atoms with Crippen LogP contribution < -0.4 is 4.57 Å². The molecular weight excluding hydrogens is 296 g/mol. The Morgan fingerprint density at radius 2 is 1.84 bits per heavy atom. The van der Waals surface area contributed by atoms with Crippen LogP contribution in [-0.4, -0.2) is 35.7 Å². The van der Waals surface area contributed by atoms with Crippen molar-refractivity contribution in [3.8, 4) is 0 Å². The molecule has 19 heavy (non-hydrogen) atoms. The molecule has 8 nitrogen and oxygen atoms in total. The normalized spacial score (nSPS) is 11.8. The van der Waals surface area contributed by atoms with Crippen LogP contribution in [0.1, 0.15) is 25.6 Å². The summed E-state index contributed by atoms with van der Waals surface area (Å²) in [7, 11) is -6.22. The van der Waals surface area contributed by atoms with Crippen molar-refractivity contribution in [2.75, 3.05) is 5.75 Å². The molecular formula is C9H18N2O6S2. The topological polar surface area (TPSA) is 120 Å². The van der Waals surface area contributed by atoms with E-state index in [1.807, 2.05) is 14.0 Å². The molecule has 0 atom stereocenters. The minimum absolute atomic E-state index is 0.221. The Labute approximate surface area is 113 Å². The van der Waals surface area contributed by atoms with Gasteiger partial charge in [-0.1, -0.05) is 13.3 Å². The van der Waals surface area contributed by atoms with Crippen molar-refractivity contribution in [3.05, 3.63) is 18.2 Å². The number of hydrogen-bond acceptors (Lipinski definition) is 5. The minimum atomic E-state index is -4.92. The van der Waals surface area contributed by atoms with Crippen LogP contribution in [0, 0.1) is 6.92 Å². The van der Waals surface area contributed by atoms with Crippen molar-refractivity contribution < 1.29 is 30.5 Å². The summed E-state index contributed by atoms with van der Waals surface area (Å²) in [6.45, 7) is 3.78. The van der Waals surface area contributed by atoms with Gasteiger partial charge in [0.05, 0.1) is 12.8 Å². The van der Waals surface area contributed by atoms with Gasteiger partial charge < -0.3 is 4.55 Å². The van der Waals surface area contributed by atoms with Gasteiger partial charge in [0.1, 0.15) is 12.4 Å². The molecule has 1 aromatic heterocycles. The van der Waals surface area contributed by atoms with E-state index in [1.54, 1.807) is 23.9 Å². The Morgan fingerprint density at radius 1 is 1.37 bits per heavy atom. The Morgan fingerprint density at radius 3 is 2.16 bits per heavy atom. The SMILES string of the molecule is CCCCS(=O)(=O)n1cc[n+](C)c1C.O=S(=O)([O-])O. The van der Waals surface area contributed by atoms with E-state index in [-0.39, 0.29) is 5.75 Å². The molecule has 0 unspecified atom stereocenters. The summed E-state index contributed by atoms with van der Waals surface area (Å²) in [5, 5.41) is 0. The second-order valence-corrected chi connectivity index (χ2v) is 6.67. The van der Waals surface area contributed by atoms with E-state index >= 15 is 0 Å². The van der Waals surface area contributed by atoms with Crippen molar-refractivity contribution in [2.24, 2.45) is 7.05 Å². The highest BCUT2D eigenvalue weighted by molar-refractivity contribution is 7.89. The first-order chi connectivity index (χ1) is 8.49. The Hall–Kier alpha value is -0.970. The summed E-state index contributed by atoms with van der Waals surface area (Å²) >= 11 is 0. The predicted molar refractivity (Wildman–Crippen MR) is 66.8 cm³/mol. The molecule has 0 aromatic carbocycles. The molecule has 1 N–H and O–H groups in total. The summed E-state index contributed by atoms with van der Waals surface area (Å²) in [4.78, 5) is 0. The van der Waals surface area contributed by atoms with E-state index in [9.17, 15) is 8.42 Å². The van der Waals surface area contributed by atoms with Gasteiger partial charge in [-0.05, 0) is 6.42 Å². The number of aromatic nitrogens is 2. The molecule has 1 heterocycles. The molecule has 0 amide bonds. The first-order valence-electron chi connectivity index (χ1n) is 5.44. The number of nitrogens with zero attached hydrogens (tertiary/aromatic N) is 2. The second-order valence-electron chi connectivity index (χ2n) is 3.85. The molecule has 10 heteroatoms. The largest absolute Gasteiger partial charge is 0.726 e. The molecule has 0 fully saturated rings. The minimum Gasteiger partial charge on any atom is -0.726 e. The summed E-state index contributed by atoms with van der Waals surface area (Å²) in [6, 6.07) is 0. The fraction of sp³-hybridized carbons (Fsp3) is 0.667. The number of imidazole rings is 1. The third-order valence-electron chi connectivity index (χ3n) is 2.31. The lowest BCUT2D eigenvalue weighted by Crippen LogP contribution is -2.31. The third-order valence-corrected chi connectivity index (χ3v) is 4.10. The highest BCUT2D eigenvalue weighted by Gasteiger charge is 2.22. The Bertz CT molecular complexity index is 595. The van der Waals surface area contributed by atoms with Gasteiger partial charge in [-0.15, -0.1) is 3.97 Å². The molecule has 0 saturated heterocycles. The molecule has 0 aliphatic carbocycles. The van der Waals surface area contributed by atoms with Crippen LogP contribution in [0.25, 0.3) is 0 Å². The van der Waals surface area contributed by atoms with Crippen molar-refractivity contribution in [3.63, 3.8) is 0 Å². The lowest BCUT2D eigenvalue weighted by Gasteiger charge is -1.99. The van der Waals surface area contributed by atoms with E-state index in [4.69, 9.17) is 17.5 Å². The van der Waals surface area contributed by atoms with E-state index in [0.717, 1.165) is 12.2 Å². The molecule has 1 aromatic rings. The molecule has 0 aliphatic rings. The van der Waals surface area contributed by atoms with Crippen molar-refractivity contribution in [1.82, 2.24) is 3.97 Å². The van der Waals surface area contributed by atoms with Crippen LogP contribution in [-0.2, 0) is 27.5 Å². The van der Waals surface area contributed by atoms with E-state index in [1.165, 1.54) is 3.97 Å². The molecule has 0 spiro atoms. The average Bonchev–Trinajstić information content (AvgIpc) is 2.55. The lowest BCUT2D eigenvalue weighted by atomic mass is 10.4. The maximum absolute atomic E-state index is 11.8. The molecule has 0 aliphatic heterocycles. The molecule has 112 valence electrons. The Balaban J connectivity index is 0.000000555. The van der Waals surface area contributed by atoms with E-state index < -0.39 is 20.4 Å². The predicted octanol–water partition coefficient (Wildman–Crippen LogP) is -0.396. The van der Waals surface area contributed by atoms with Gasteiger partial charge in [-0.25, -0.2) is 13.0 Å². The number of unbranched alkanes of at least 4 members (excludes halogenated alkanes) is 1. The maximum atomic E-state index is 11.8. The number of rotatable bonds is 4.